The van der Waals surface area contributed by atoms with Crippen LogP contribution >= 0.6 is 0 Å². The molecule has 0 spiro atoms. The third-order valence-corrected chi connectivity index (χ3v) is 4.49. The quantitative estimate of drug-likeness (QED) is 0.824. The fraction of sp³-hybridized carbons (Fsp3) is 0.412. The van der Waals surface area contributed by atoms with Crippen molar-refractivity contribution in [1.29, 1.82) is 0 Å². The van der Waals surface area contributed by atoms with Gasteiger partial charge in [-0.3, -0.25) is 19.4 Å². The summed E-state index contributed by atoms with van der Waals surface area (Å²) in [6, 6.07) is 6.42. The number of amides is 3. The molecule has 3 amide bonds. The predicted molar refractivity (Wildman–Crippen MR) is 86.1 cm³/mol. The molecule has 0 radical (unpaired) electrons. The zero-order valence-electron chi connectivity index (χ0n) is 13.6. The lowest BCUT2D eigenvalue weighted by Crippen LogP contribution is -2.62. The lowest BCUT2D eigenvalue weighted by molar-refractivity contribution is -0.180. The van der Waals surface area contributed by atoms with Crippen LogP contribution in [0, 0.1) is 0 Å². The van der Waals surface area contributed by atoms with Gasteiger partial charge in [0.2, 0.25) is 5.91 Å². The van der Waals surface area contributed by atoms with Crippen LogP contribution in [0.25, 0.3) is 0 Å². The maximum Gasteiger partial charge on any atom is 0.328 e. The van der Waals surface area contributed by atoms with Crippen molar-refractivity contribution < 1.29 is 24.3 Å². The van der Waals surface area contributed by atoms with E-state index in [0.29, 0.717) is 18.5 Å². The molecule has 2 unspecified atom stereocenters. The fourth-order valence-corrected chi connectivity index (χ4v) is 3.22. The summed E-state index contributed by atoms with van der Waals surface area (Å²) in [6.45, 7) is 0.313. The number of carboxylic acids is 1. The number of nitrogens with zero attached hydrogens (tertiary/aromatic N) is 2. The van der Waals surface area contributed by atoms with Crippen LogP contribution in [0.2, 0.25) is 0 Å². The third-order valence-electron chi connectivity index (χ3n) is 4.49. The Labute approximate surface area is 144 Å². The van der Waals surface area contributed by atoms with E-state index in [1.165, 1.54) is 5.01 Å². The molecule has 0 aromatic heterocycles. The predicted octanol–water partition coefficient (Wildman–Crippen LogP) is 0.398. The van der Waals surface area contributed by atoms with E-state index in [2.05, 4.69) is 5.32 Å². The second kappa shape index (κ2) is 6.92. The Kier molecular flexibility index (Phi) is 4.69. The molecule has 2 aliphatic heterocycles. The van der Waals surface area contributed by atoms with E-state index in [4.69, 9.17) is 0 Å². The summed E-state index contributed by atoms with van der Waals surface area (Å²) in [5.41, 5.74) is 0.399. The van der Waals surface area contributed by atoms with Crippen molar-refractivity contribution in [2.24, 2.45) is 0 Å². The van der Waals surface area contributed by atoms with Gasteiger partial charge in [0.05, 0.1) is 0 Å². The molecule has 2 atom stereocenters. The average Bonchev–Trinajstić information content (AvgIpc) is 2.74. The minimum atomic E-state index is -1.15. The zero-order chi connectivity index (χ0) is 18.0. The van der Waals surface area contributed by atoms with Gasteiger partial charge in [-0.2, -0.15) is 0 Å². The van der Waals surface area contributed by atoms with Crippen LogP contribution in [0.15, 0.2) is 30.3 Å². The molecule has 1 aromatic carbocycles. The minimum Gasteiger partial charge on any atom is -0.480 e. The van der Waals surface area contributed by atoms with E-state index in [0.717, 1.165) is 5.01 Å². The normalized spacial score (nSPS) is 23.7. The van der Waals surface area contributed by atoms with Crippen LogP contribution in [-0.4, -0.2) is 57.4 Å². The van der Waals surface area contributed by atoms with Crippen molar-refractivity contribution >= 4 is 23.7 Å². The lowest BCUT2D eigenvalue weighted by Gasteiger charge is -2.41. The molecule has 8 nitrogen and oxygen atoms in total. The zero-order valence-corrected chi connectivity index (χ0v) is 13.6. The second-order valence-corrected chi connectivity index (χ2v) is 6.13. The first-order valence-electron chi connectivity index (χ1n) is 8.21. The van der Waals surface area contributed by atoms with Crippen molar-refractivity contribution in [2.75, 3.05) is 6.54 Å². The Morgan fingerprint density at radius 3 is 2.52 bits per heavy atom. The number of hydrogen-bond acceptors (Lipinski definition) is 4. The smallest absolute Gasteiger partial charge is 0.328 e. The molecular weight excluding hydrogens is 326 g/mol. The molecule has 132 valence electrons. The minimum absolute atomic E-state index is 0.0777. The van der Waals surface area contributed by atoms with Crippen LogP contribution in [0.3, 0.4) is 0 Å². The molecule has 2 fully saturated rings. The standard InChI is InChI=1S/C17H19N3O5/c21-14-9-8-12(18-15(22)11-5-2-1-3-6-11)16(23)20-13(17(24)25)7-4-10-19(14)20/h1-3,5-6,12-13H,4,7-10H2,(H,18,22)(H,24,25). The van der Waals surface area contributed by atoms with Crippen LogP contribution < -0.4 is 5.32 Å². The highest BCUT2D eigenvalue weighted by Crippen LogP contribution is 2.25. The average molecular weight is 345 g/mol. The molecule has 3 rings (SSSR count). The molecule has 2 saturated heterocycles. The summed E-state index contributed by atoms with van der Waals surface area (Å²) >= 11 is 0. The van der Waals surface area contributed by atoms with E-state index in [-0.39, 0.29) is 25.2 Å². The molecule has 0 aliphatic carbocycles. The van der Waals surface area contributed by atoms with E-state index in [1.807, 2.05) is 0 Å². The number of aliphatic carboxylic acids is 1. The summed E-state index contributed by atoms with van der Waals surface area (Å²) in [7, 11) is 0. The first kappa shape index (κ1) is 16.9. The highest BCUT2D eigenvalue weighted by molar-refractivity contribution is 5.99. The number of rotatable bonds is 3. The van der Waals surface area contributed by atoms with Gasteiger partial charge >= 0.3 is 5.97 Å². The van der Waals surface area contributed by atoms with Crippen molar-refractivity contribution in [2.45, 2.75) is 37.8 Å². The monoisotopic (exact) mass is 345 g/mol. The number of fused-ring (bicyclic) bond motifs is 1. The molecule has 8 heteroatoms. The van der Waals surface area contributed by atoms with Crippen LogP contribution in [0.4, 0.5) is 0 Å². The molecule has 0 bridgehead atoms. The van der Waals surface area contributed by atoms with Crippen molar-refractivity contribution in [3.63, 3.8) is 0 Å². The molecule has 25 heavy (non-hydrogen) atoms. The maximum atomic E-state index is 12.9. The van der Waals surface area contributed by atoms with Crippen molar-refractivity contribution in [1.82, 2.24) is 15.3 Å². The van der Waals surface area contributed by atoms with Gasteiger partial charge in [0, 0.05) is 18.5 Å². The van der Waals surface area contributed by atoms with E-state index in [1.54, 1.807) is 30.3 Å². The number of carbonyl (C=O) groups excluding carboxylic acids is 3. The summed E-state index contributed by atoms with van der Waals surface area (Å²) in [5, 5.41) is 14.3. The van der Waals surface area contributed by atoms with E-state index >= 15 is 0 Å². The summed E-state index contributed by atoms with van der Waals surface area (Å²) in [5.74, 6) is -2.43. The van der Waals surface area contributed by atoms with Gasteiger partial charge in [-0.25, -0.2) is 9.80 Å². The SMILES string of the molecule is O=C(NC1CCC(=O)N2CCCC(C(=O)O)N2C1=O)c1ccccc1. The summed E-state index contributed by atoms with van der Waals surface area (Å²) in [6.07, 6.45) is 1.03. The Morgan fingerprint density at radius 2 is 1.84 bits per heavy atom. The van der Waals surface area contributed by atoms with Gasteiger partial charge in [-0.05, 0) is 31.4 Å². The van der Waals surface area contributed by atoms with E-state index < -0.39 is 29.9 Å². The van der Waals surface area contributed by atoms with Gasteiger partial charge in [0.1, 0.15) is 6.04 Å². The van der Waals surface area contributed by atoms with Gasteiger partial charge < -0.3 is 10.4 Å². The van der Waals surface area contributed by atoms with Crippen molar-refractivity contribution in [3.05, 3.63) is 35.9 Å². The highest BCUT2D eigenvalue weighted by Gasteiger charge is 2.44. The lowest BCUT2D eigenvalue weighted by atomic mass is 10.1. The topological polar surface area (TPSA) is 107 Å². The first-order chi connectivity index (χ1) is 12.0. The number of nitrogens with one attached hydrogen (secondary N) is 1. The summed E-state index contributed by atoms with van der Waals surface area (Å²) in [4.78, 5) is 49.0. The van der Waals surface area contributed by atoms with Gasteiger partial charge in [0.25, 0.3) is 11.8 Å². The van der Waals surface area contributed by atoms with E-state index in [9.17, 15) is 24.3 Å². The Morgan fingerprint density at radius 1 is 1.12 bits per heavy atom. The number of hydrazine groups is 1. The van der Waals surface area contributed by atoms with Crippen molar-refractivity contribution in [3.8, 4) is 0 Å². The molecule has 0 saturated carbocycles. The number of carboxylic acid groups (broad SMARTS) is 1. The maximum absolute atomic E-state index is 12.9. The molecule has 2 heterocycles. The largest absolute Gasteiger partial charge is 0.480 e. The molecular formula is C17H19N3O5. The molecule has 1 aromatic rings. The number of benzene rings is 1. The van der Waals surface area contributed by atoms with Crippen LogP contribution in [-0.2, 0) is 14.4 Å². The Bertz CT molecular complexity index is 705. The molecule has 2 N–H and O–H groups in total. The molecule has 2 aliphatic rings. The summed E-state index contributed by atoms with van der Waals surface area (Å²) < 4.78 is 0. The van der Waals surface area contributed by atoms with Gasteiger partial charge in [0.15, 0.2) is 6.04 Å². The third kappa shape index (κ3) is 3.33. The van der Waals surface area contributed by atoms with Gasteiger partial charge in [-0.15, -0.1) is 0 Å². The van der Waals surface area contributed by atoms with Crippen LogP contribution in [0.5, 0.6) is 0 Å². The number of hydrogen-bond donors (Lipinski definition) is 2. The first-order valence-corrected chi connectivity index (χ1v) is 8.21. The van der Waals surface area contributed by atoms with Crippen LogP contribution in [0.1, 0.15) is 36.0 Å². The number of carbonyl (C=O) groups is 4. The highest BCUT2D eigenvalue weighted by atomic mass is 16.4. The Hall–Kier alpha value is -2.90. The fourth-order valence-electron chi connectivity index (χ4n) is 3.22. The van der Waals surface area contributed by atoms with Gasteiger partial charge in [-0.1, -0.05) is 18.2 Å². The second-order valence-electron chi connectivity index (χ2n) is 6.13. The Balaban J connectivity index is 1.83.